The van der Waals surface area contributed by atoms with Crippen LogP contribution in [0, 0.1) is 5.92 Å². The molecule has 1 aromatic rings. The minimum atomic E-state index is 0.671. The molecule has 0 unspecified atom stereocenters. The Labute approximate surface area is 128 Å². The maximum absolute atomic E-state index is 6.39. The molecular formula is C18H27ClO. The van der Waals surface area contributed by atoms with Crippen molar-refractivity contribution in [2.24, 2.45) is 5.92 Å². The molecule has 2 rings (SSSR count). The number of hydrogen-bond donors (Lipinski definition) is 0. The Balaban J connectivity index is 1.74. The summed E-state index contributed by atoms with van der Waals surface area (Å²) < 4.78 is 5.55. The third kappa shape index (κ3) is 4.70. The van der Waals surface area contributed by atoms with Gasteiger partial charge in [0.15, 0.2) is 0 Å². The van der Waals surface area contributed by atoms with Gasteiger partial charge in [0.25, 0.3) is 0 Å². The smallest absolute Gasteiger partial charge is 0.138 e. The van der Waals surface area contributed by atoms with Gasteiger partial charge in [-0.1, -0.05) is 68.7 Å². The molecule has 0 heterocycles. The molecule has 0 saturated heterocycles. The summed E-state index contributed by atoms with van der Waals surface area (Å²) >= 11 is 6.39. The fourth-order valence-corrected chi connectivity index (χ4v) is 3.52. The van der Waals surface area contributed by atoms with Gasteiger partial charge in [-0.2, -0.15) is 0 Å². The lowest BCUT2D eigenvalue weighted by Crippen LogP contribution is -2.06. The largest absolute Gasteiger partial charge is 0.492 e. The molecule has 0 atom stereocenters. The predicted octanol–water partition coefficient (Wildman–Crippen LogP) is 6.03. The van der Waals surface area contributed by atoms with E-state index in [0.717, 1.165) is 23.1 Å². The van der Waals surface area contributed by atoms with Gasteiger partial charge in [0.05, 0.1) is 11.6 Å². The third-order valence-corrected chi connectivity index (χ3v) is 4.81. The number of benzene rings is 1. The van der Waals surface area contributed by atoms with Gasteiger partial charge < -0.3 is 4.74 Å². The van der Waals surface area contributed by atoms with Crippen molar-refractivity contribution in [1.29, 1.82) is 0 Å². The molecule has 0 radical (unpaired) electrons. The van der Waals surface area contributed by atoms with Gasteiger partial charge in [-0.05, 0) is 37.3 Å². The van der Waals surface area contributed by atoms with Crippen molar-refractivity contribution in [3.05, 3.63) is 28.8 Å². The highest BCUT2D eigenvalue weighted by atomic mass is 35.5. The summed E-state index contributed by atoms with van der Waals surface area (Å²) in [5.41, 5.74) is 1.24. The first-order valence-electron chi connectivity index (χ1n) is 8.21. The average molecular weight is 295 g/mol. The van der Waals surface area contributed by atoms with E-state index in [-0.39, 0.29) is 0 Å². The summed E-state index contributed by atoms with van der Waals surface area (Å²) in [6.45, 7) is 2.66. The molecule has 20 heavy (non-hydrogen) atoms. The molecule has 0 aliphatic heterocycles. The first-order valence-corrected chi connectivity index (χ1v) is 8.59. The van der Waals surface area contributed by atoms with Crippen molar-refractivity contribution in [3.63, 3.8) is 0 Å². The molecule has 112 valence electrons. The van der Waals surface area contributed by atoms with Crippen LogP contribution in [0.4, 0.5) is 0 Å². The molecule has 0 aromatic heterocycles. The second kappa shape index (κ2) is 8.56. The topological polar surface area (TPSA) is 9.23 Å². The van der Waals surface area contributed by atoms with Crippen LogP contribution in [0.2, 0.25) is 5.02 Å². The Kier molecular flexibility index (Phi) is 6.72. The molecule has 0 bridgehead atoms. The zero-order chi connectivity index (χ0) is 14.2. The monoisotopic (exact) mass is 294 g/mol. The lowest BCUT2D eigenvalue weighted by Gasteiger charge is -2.21. The van der Waals surface area contributed by atoms with Crippen LogP contribution in [-0.2, 0) is 6.42 Å². The maximum atomic E-state index is 6.39. The van der Waals surface area contributed by atoms with Crippen LogP contribution < -0.4 is 4.74 Å². The molecule has 1 fully saturated rings. The zero-order valence-corrected chi connectivity index (χ0v) is 13.4. The molecule has 1 aliphatic carbocycles. The van der Waals surface area contributed by atoms with E-state index in [4.69, 9.17) is 16.3 Å². The second-order valence-corrected chi connectivity index (χ2v) is 6.29. The highest BCUT2D eigenvalue weighted by Crippen LogP contribution is 2.31. The van der Waals surface area contributed by atoms with Crippen molar-refractivity contribution in [2.45, 2.75) is 64.7 Å². The number of halogens is 1. The summed E-state index contributed by atoms with van der Waals surface area (Å²) in [4.78, 5) is 0. The van der Waals surface area contributed by atoms with Crippen LogP contribution in [0.1, 0.15) is 63.9 Å². The summed E-state index contributed by atoms with van der Waals surface area (Å²) in [5, 5.41) is 0.812. The summed E-state index contributed by atoms with van der Waals surface area (Å²) in [7, 11) is 0. The minimum absolute atomic E-state index is 0.671. The summed E-state index contributed by atoms with van der Waals surface area (Å²) in [5.74, 6) is 1.83. The Morgan fingerprint density at radius 1 is 1.15 bits per heavy atom. The van der Waals surface area contributed by atoms with E-state index in [2.05, 4.69) is 6.07 Å². The lowest BCUT2D eigenvalue weighted by atomic mass is 9.85. The Morgan fingerprint density at radius 3 is 2.70 bits per heavy atom. The zero-order valence-electron chi connectivity index (χ0n) is 12.7. The Morgan fingerprint density at radius 2 is 1.95 bits per heavy atom. The van der Waals surface area contributed by atoms with Gasteiger partial charge in [-0.3, -0.25) is 0 Å². The van der Waals surface area contributed by atoms with Crippen LogP contribution in [0.3, 0.4) is 0 Å². The SMILES string of the molecule is CCOc1cccc(CCCCC2CCCCC2)c1Cl. The van der Waals surface area contributed by atoms with E-state index in [9.17, 15) is 0 Å². The van der Waals surface area contributed by atoms with Crippen molar-refractivity contribution in [2.75, 3.05) is 6.61 Å². The quantitative estimate of drug-likeness (QED) is 0.558. The van der Waals surface area contributed by atoms with Crippen LogP contribution in [0.15, 0.2) is 18.2 Å². The van der Waals surface area contributed by atoms with Gasteiger partial charge in [0.1, 0.15) is 5.75 Å². The second-order valence-electron chi connectivity index (χ2n) is 5.91. The molecule has 0 amide bonds. The van der Waals surface area contributed by atoms with Crippen LogP contribution >= 0.6 is 11.6 Å². The fourth-order valence-electron chi connectivity index (χ4n) is 3.24. The van der Waals surface area contributed by atoms with Crippen molar-refractivity contribution < 1.29 is 4.74 Å². The van der Waals surface area contributed by atoms with E-state index in [1.54, 1.807) is 0 Å². The minimum Gasteiger partial charge on any atom is -0.492 e. The van der Waals surface area contributed by atoms with Gasteiger partial charge in [0.2, 0.25) is 0 Å². The predicted molar refractivity (Wildman–Crippen MR) is 86.8 cm³/mol. The first kappa shape index (κ1) is 15.7. The van der Waals surface area contributed by atoms with E-state index in [1.807, 2.05) is 19.1 Å². The number of unbranched alkanes of at least 4 members (excludes halogenated alkanes) is 1. The highest BCUT2D eigenvalue weighted by Gasteiger charge is 2.13. The first-order chi connectivity index (χ1) is 9.81. The van der Waals surface area contributed by atoms with E-state index in [1.165, 1.54) is 56.9 Å². The normalized spacial score (nSPS) is 16.3. The van der Waals surface area contributed by atoms with Gasteiger partial charge in [-0.15, -0.1) is 0 Å². The average Bonchev–Trinajstić information content (AvgIpc) is 2.48. The van der Waals surface area contributed by atoms with Crippen LogP contribution in [0.25, 0.3) is 0 Å². The van der Waals surface area contributed by atoms with Crippen molar-refractivity contribution >= 4 is 11.6 Å². The number of aryl methyl sites for hydroxylation is 1. The highest BCUT2D eigenvalue weighted by molar-refractivity contribution is 6.32. The molecule has 1 saturated carbocycles. The van der Waals surface area contributed by atoms with Gasteiger partial charge in [0, 0.05) is 0 Å². The van der Waals surface area contributed by atoms with Crippen molar-refractivity contribution in [1.82, 2.24) is 0 Å². The molecule has 0 N–H and O–H groups in total. The van der Waals surface area contributed by atoms with Gasteiger partial charge >= 0.3 is 0 Å². The molecule has 2 heteroatoms. The fraction of sp³-hybridized carbons (Fsp3) is 0.667. The molecular weight excluding hydrogens is 268 g/mol. The molecule has 1 aliphatic rings. The van der Waals surface area contributed by atoms with Gasteiger partial charge in [-0.25, -0.2) is 0 Å². The van der Waals surface area contributed by atoms with Crippen LogP contribution in [-0.4, -0.2) is 6.61 Å². The lowest BCUT2D eigenvalue weighted by molar-refractivity contribution is 0.329. The number of rotatable bonds is 7. The maximum Gasteiger partial charge on any atom is 0.138 e. The van der Waals surface area contributed by atoms with E-state index >= 15 is 0 Å². The summed E-state index contributed by atoms with van der Waals surface area (Å²) in [6.07, 6.45) is 12.3. The summed E-state index contributed by atoms with van der Waals surface area (Å²) in [6, 6.07) is 6.14. The number of hydrogen-bond acceptors (Lipinski definition) is 1. The molecule has 1 aromatic carbocycles. The molecule has 1 nitrogen and oxygen atoms in total. The Hall–Kier alpha value is -0.690. The Bertz CT molecular complexity index is 396. The number of ether oxygens (including phenoxy) is 1. The van der Waals surface area contributed by atoms with Crippen LogP contribution in [0.5, 0.6) is 5.75 Å². The standard InChI is InChI=1S/C18H27ClO/c1-2-20-17-14-8-13-16(18(17)19)12-7-6-11-15-9-4-3-5-10-15/h8,13-15H,2-7,9-12H2,1H3. The molecule has 0 spiro atoms. The third-order valence-electron chi connectivity index (χ3n) is 4.38. The van der Waals surface area contributed by atoms with Crippen molar-refractivity contribution in [3.8, 4) is 5.75 Å². The van der Waals surface area contributed by atoms with E-state index in [0.29, 0.717) is 6.61 Å². The van der Waals surface area contributed by atoms with E-state index < -0.39 is 0 Å².